The zero-order valence-corrected chi connectivity index (χ0v) is 16.5. The number of hydrogen-bond acceptors (Lipinski definition) is 6. The van der Waals surface area contributed by atoms with Gasteiger partial charge < -0.3 is 31.4 Å². The second kappa shape index (κ2) is 10.6. The summed E-state index contributed by atoms with van der Waals surface area (Å²) in [5.74, 6) is -2.93. The van der Waals surface area contributed by atoms with Gasteiger partial charge in [0.1, 0.15) is 12.1 Å². The van der Waals surface area contributed by atoms with Gasteiger partial charge in [0.2, 0.25) is 17.7 Å². The first-order chi connectivity index (χ1) is 13.8. The Morgan fingerprint density at radius 3 is 2.59 bits per heavy atom. The first-order valence-corrected chi connectivity index (χ1v) is 9.58. The second-order valence-corrected chi connectivity index (χ2v) is 7.34. The molecule has 3 unspecified atom stereocenters. The zero-order valence-electron chi connectivity index (χ0n) is 16.5. The molecule has 11 heteroatoms. The molecule has 1 aliphatic rings. The Balaban J connectivity index is 1.97. The third-order valence-electron chi connectivity index (χ3n) is 4.66. The number of aliphatic carboxylic acids is 1. The fourth-order valence-corrected chi connectivity index (χ4v) is 3.04. The molecule has 0 bridgehead atoms. The highest BCUT2D eigenvalue weighted by Gasteiger charge is 2.29. The van der Waals surface area contributed by atoms with Gasteiger partial charge in [-0.3, -0.25) is 14.4 Å². The minimum Gasteiger partial charge on any atom is -0.480 e. The molecule has 3 amide bonds. The van der Waals surface area contributed by atoms with Crippen molar-refractivity contribution >= 4 is 23.7 Å². The minimum absolute atomic E-state index is 0.0974. The molecule has 1 saturated heterocycles. The molecule has 0 spiro atoms. The number of imidazole rings is 1. The van der Waals surface area contributed by atoms with Crippen LogP contribution in [0, 0.1) is 5.92 Å². The molecule has 1 aliphatic heterocycles. The first-order valence-electron chi connectivity index (χ1n) is 9.58. The molecule has 0 saturated carbocycles. The number of nitrogens with zero attached hydrogens (tertiary/aromatic N) is 1. The van der Waals surface area contributed by atoms with Crippen LogP contribution in [0.2, 0.25) is 0 Å². The maximum Gasteiger partial charge on any atom is 0.326 e. The number of amides is 3. The SMILES string of the molecule is CC(C)C(NC(=O)C(Cc1cnc[nH]1)NC(=O)CNC(=O)C1CCCN1)C(=O)O. The first kappa shape index (κ1) is 22.3. The van der Waals surface area contributed by atoms with Crippen molar-refractivity contribution in [2.24, 2.45) is 5.92 Å². The Morgan fingerprint density at radius 2 is 2.03 bits per heavy atom. The van der Waals surface area contributed by atoms with Crippen molar-refractivity contribution in [3.63, 3.8) is 0 Å². The molecule has 1 aromatic rings. The van der Waals surface area contributed by atoms with E-state index in [0.29, 0.717) is 12.1 Å². The molecule has 1 fully saturated rings. The number of carbonyl (C=O) groups excluding carboxylic acids is 3. The van der Waals surface area contributed by atoms with Gasteiger partial charge in [-0.05, 0) is 25.3 Å². The van der Waals surface area contributed by atoms with E-state index in [1.54, 1.807) is 13.8 Å². The van der Waals surface area contributed by atoms with Gasteiger partial charge >= 0.3 is 5.97 Å². The average molecular weight is 408 g/mol. The Hall–Kier alpha value is -2.95. The molecule has 0 aromatic carbocycles. The van der Waals surface area contributed by atoms with Crippen molar-refractivity contribution in [3.8, 4) is 0 Å². The van der Waals surface area contributed by atoms with E-state index in [0.717, 1.165) is 13.0 Å². The van der Waals surface area contributed by atoms with E-state index in [1.165, 1.54) is 12.5 Å². The van der Waals surface area contributed by atoms with Gasteiger partial charge in [0.15, 0.2) is 0 Å². The number of aromatic nitrogens is 2. The van der Waals surface area contributed by atoms with Crippen LogP contribution < -0.4 is 21.3 Å². The fourth-order valence-electron chi connectivity index (χ4n) is 3.04. The standard InChI is InChI=1S/C18H28N6O5/c1-10(2)15(18(28)29)24-17(27)13(6-11-7-19-9-22-11)23-14(25)8-21-16(26)12-4-3-5-20-12/h7,9-10,12-13,15,20H,3-6,8H2,1-2H3,(H,19,22)(H,21,26)(H,23,25)(H,24,27)(H,28,29). The Morgan fingerprint density at radius 1 is 1.28 bits per heavy atom. The molecule has 6 N–H and O–H groups in total. The Bertz CT molecular complexity index is 714. The summed E-state index contributed by atoms with van der Waals surface area (Å²) in [7, 11) is 0. The number of nitrogens with one attached hydrogen (secondary N) is 5. The minimum atomic E-state index is -1.16. The summed E-state index contributed by atoms with van der Waals surface area (Å²) in [4.78, 5) is 55.0. The van der Waals surface area contributed by atoms with Crippen LogP contribution in [-0.2, 0) is 25.6 Å². The molecular formula is C18H28N6O5. The van der Waals surface area contributed by atoms with E-state index in [1.807, 2.05) is 0 Å². The van der Waals surface area contributed by atoms with Crippen LogP contribution in [0.5, 0.6) is 0 Å². The molecule has 0 radical (unpaired) electrons. The van der Waals surface area contributed by atoms with Crippen LogP contribution in [0.4, 0.5) is 0 Å². The van der Waals surface area contributed by atoms with E-state index >= 15 is 0 Å². The third kappa shape index (κ3) is 6.86. The smallest absolute Gasteiger partial charge is 0.326 e. The number of carboxylic acids is 1. The number of carbonyl (C=O) groups is 4. The van der Waals surface area contributed by atoms with Crippen LogP contribution in [0.3, 0.4) is 0 Å². The highest BCUT2D eigenvalue weighted by Crippen LogP contribution is 2.06. The molecule has 0 aliphatic carbocycles. The van der Waals surface area contributed by atoms with Gasteiger partial charge in [0, 0.05) is 18.3 Å². The number of hydrogen-bond donors (Lipinski definition) is 6. The highest BCUT2D eigenvalue weighted by atomic mass is 16.4. The van der Waals surface area contributed by atoms with E-state index in [4.69, 9.17) is 0 Å². The summed E-state index contributed by atoms with van der Waals surface area (Å²) in [6.07, 6.45) is 4.66. The van der Waals surface area contributed by atoms with Gasteiger partial charge in [-0.2, -0.15) is 0 Å². The van der Waals surface area contributed by atoms with Crippen molar-refractivity contribution in [1.29, 1.82) is 0 Å². The molecule has 2 heterocycles. The van der Waals surface area contributed by atoms with Gasteiger partial charge in [0.25, 0.3) is 0 Å². The number of H-pyrrole nitrogens is 1. The summed E-state index contributed by atoms with van der Waals surface area (Å²) < 4.78 is 0. The predicted octanol–water partition coefficient (Wildman–Crippen LogP) is -1.47. The molecule has 29 heavy (non-hydrogen) atoms. The van der Waals surface area contributed by atoms with E-state index in [-0.39, 0.29) is 30.8 Å². The Labute approximate surface area is 168 Å². The third-order valence-corrected chi connectivity index (χ3v) is 4.66. The van der Waals surface area contributed by atoms with Crippen LogP contribution in [-0.4, -0.2) is 70.0 Å². The summed E-state index contributed by atoms with van der Waals surface area (Å²) in [6, 6.07) is -2.42. The number of carboxylic acid groups (broad SMARTS) is 1. The van der Waals surface area contributed by atoms with Crippen LogP contribution in [0.15, 0.2) is 12.5 Å². The molecule has 160 valence electrons. The highest BCUT2D eigenvalue weighted by molar-refractivity contribution is 5.92. The molecule has 3 atom stereocenters. The fraction of sp³-hybridized carbons (Fsp3) is 0.611. The summed E-state index contributed by atoms with van der Waals surface area (Å²) in [5.41, 5.74) is 0.598. The largest absolute Gasteiger partial charge is 0.480 e. The lowest BCUT2D eigenvalue weighted by Gasteiger charge is -2.23. The summed E-state index contributed by atoms with van der Waals surface area (Å²) >= 11 is 0. The van der Waals surface area contributed by atoms with Gasteiger partial charge in [-0.15, -0.1) is 0 Å². The van der Waals surface area contributed by atoms with E-state index in [9.17, 15) is 24.3 Å². The molecular weight excluding hydrogens is 380 g/mol. The van der Waals surface area contributed by atoms with Gasteiger partial charge in [0.05, 0.1) is 18.9 Å². The Kier molecular flexibility index (Phi) is 8.13. The van der Waals surface area contributed by atoms with E-state index in [2.05, 4.69) is 31.2 Å². The molecule has 11 nitrogen and oxygen atoms in total. The maximum atomic E-state index is 12.7. The topological polar surface area (TPSA) is 165 Å². The van der Waals surface area contributed by atoms with Crippen molar-refractivity contribution in [1.82, 2.24) is 31.2 Å². The maximum absolute atomic E-state index is 12.7. The van der Waals surface area contributed by atoms with E-state index < -0.39 is 29.9 Å². The summed E-state index contributed by atoms with van der Waals surface area (Å²) in [6.45, 7) is 3.83. The average Bonchev–Trinajstić information content (AvgIpc) is 3.36. The van der Waals surface area contributed by atoms with Crippen molar-refractivity contribution in [2.45, 2.75) is 51.2 Å². The number of rotatable bonds is 10. The number of aromatic amines is 1. The van der Waals surface area contributed by atoms with Crippen molar-refractivity contribution < 1.29 is 24.3 Å². The second-order valence-electron chi connectivity index (χ2n) is 7.34. The molecule has 2 rings (SSSR count). The van der Waals surface area contributed by atoms with Crippen LogP contribution in [0.1, 0.15) is 32.4 Å². The summed E-state index contributed by atoms with van der Waals surface area (Å²) in [5, 5.41) is 19.9. The van der Waals surface area contributed by atoms with Crippen LogP contribution in [0.25, 0.3) is 0 Å². The normalized spacial score (nSPS) is 18.1. The van der Waals surface area contributed by atoms with Crippen molar-refractivity contribution in [2.75, 3.05) is 13.1 Å². The lowest BCUT2D eigenvalue weighted by molar-refractivity contribution is -0.143. The molecule has 1 aromatic heterocycles. The lowest BCUT2D eigenvalue weighted by atomic mass is 10.0. The lowest BCUT2D eigenvalue weighted by Crippen LogP contribution is -2.55. The van der Waals surface area contributed by atoms with Crippen molar-refractivity contribution in [3.05, 3.63) is 18.2 Å². The monoisotopic (exact) mass is 408 g/mol. The van der Waals surface area contributed by atoms with Gasteiger partial charge in [-0.1, -0.05) is 13.8 Å². The predicted molar refractivity (Wildman–Crippen MR) is 103 cm³/mol. The van der Waals surface area contributed by atoms with Crippen LogP contribution >= 0.6 is 0 Å². The zero-order chi connectivity index (χ0) is 21.4. The van der Waals surface area contributed by atoms with Gasteiger partial charge in [-0.25, -0.2) is 9.78 Å². The quantitative estimate of drug-likeness (QED) is 0.275.